The van der Waals surface area contributed by atoms with Crippen molar-refractivity contribution in [3.63, 3.8) is 0 Å². The summed E-state index contributed by atoms with van der Waals surface area (Å²) in [5, 5.41) is 3.03. The Bertz CT molecular complexity index is 1040. The molecule has 2 aromatic heterocycles. The van der Waals surface area contributed by atoms with Crippen molar-refractivity contribution in [2.24, 2.45) is 0 Å². The average Bonchev–Trinajstić information content (AvgIpc) is 3.05. The summed E-state index contributed by atoms with van der Waals surface area (Å²) in [7, 11) is 0. The van der Waals surface area contributed by atoms with E-state index in [0.29, 0.717) is 22.9 Å². The molecule has 0 saturated heterocycles. The molecule has 0 saturated carbocycles. The number of imidazole rings is 1. The van der Waals surface area contributed by atoms with Crippen LogP contribution in [0.4, 0.5) is 24.8 Å². The highest BCUT2D eigenvalue weighted by molar-refractivity contribution is 5.83. The van der Waals surface area contributed by atoms with E-state index in [1.165, 1.54) is 24.8 Å². The molecule has 0 fully saturated rings. The van der Waals surface area contributed by atoms with Gasteiger partial charge in [0.25, 0.3) is 0 Å². The van der Waals surface area contributed by atoms with Gasteiger partial charge in [-0.1, -0.05) is 12.1 Å². The molecule has 0 unspecified atom stereocenters. The standard InChI is InChI=1S/C17H11F3N6/c18-17(19,20)11-3-1-10(2-4-11)15-25-13-6-5-12(7-14(13)26-15)24-16-22-8-21-9-23-16/h1-9H,(H,25,26)(H,21,22,23,24). The quantitative estimate of drug-likeness (QED) is 0.576. The molecule has 130 valence electrons. The van der Waals surface area contributed by atoms with E-state index in [-0.39, 0.29) is 0 Å². The number of rotatable bonds is 3. The van der Waals surface area contributed by atoms with E-state index in [0.717, 1.165) is 23.3 Å². The van der Waals surface area contributed by atoms with Crippen LogP contribution >= 0.6 is 0 Å². The van der Waals surface area contributed by atoms with E-state index in [1.54, 1.807) is 6.07 Å². The van der Waals surface area contributed by atoms with Gasteiger partial charge in [0.1, 0.15) is 18.5 Å². The molecule has 0 atom stereocenters. The van der Waals surface area contributed by atoms with Crippen LogP contribution in [0.5, 0.6) is 0 Å². The molecule has 2 N–H and O–H groups in total. The molecular formula is C17H11F3N6. The Morgan fingerprint density at radius 1 is 0.923 bits per heavy atom. The topological polar surface area (TPSA) is 79.4 Å². The summed E-state index contributed by atoms with van der Waals surface area (Å²) in [6, 6.07) is 10.3. The number of aromatic nitrogens is 5. The second-order valence-electron chi connectivity index (χ2n) is 5.48. The first-order valence-corrected chi connectivity index (χ1v) is 7.55. The first-order chi connectivity index (χ1) is 12.5. The summed E-state index contributed by atoms with van der Waals surface area (Å²) >= 11 is 0. The molecule has 2 heterocycles. The van der Waals surface area contributed by atoms with Crippen LogP contribution < -0.4 is 5.32 Å². The number of H-pyrrole nitrogens is 1. The fourth-order valence-electron chi connectivity index (χ4n) is 2.47. The van der Waals surface area contributed by atoms with Crippen molar-refractivity contribution in [2.75, 3.05) is 5.32 Å². The Balaban J connectivity index is 1.63. The summed E-state index contributed by atoms with van der Waals surface area (Å²) < 4.78 is 38.0. The minimum absolute atomic E-state index is 0.404. The normalized spacial score (nSPS) is 11.7. The number of anilines is 2. The van der Waals surface area contributed by atoms with E-state index in [2.05, 4.69) is 30.2 Å². The van der Waals surface area contributed by atoms with Crippen LogP contribution in [0.3, 0.4) is 0 Å². The molecule has 26 heavy (non-hydrogen) atoms. The maximum Gasteiger partial charge on any atom is 0.416 e. The summed E-state index contributed by atoms with van der Waals surface area (Å²) in [5.74, 6) is 0.896. The maximum atomic E-state index is 12.7. The smallest absolute Gasteiger partial charge is 0.338 e. The number of halogens is 3. The van der Waals surface area contributed by atoms with Gasteiger partial charge in [-0.25, -0.2) is 19.9 Å². The van der Waals surface area contributed by atoms with Crippen LogP contribution in [0.2, 0.25) is 0 Å². The van der Waals surface area contributed by atoms with Gasteiger partial charge in [0, 0.05) is 11.3 Å². The van der Waals surface area contributed by atoms with Crippen molar-refractivity contribution in [1.29, 1.82) is 0 Å². The first kappa shape index (κ1) is 16.0. The molecule has 0 radical (unpaired) electrons. The number of alkyl halides is 3. The van der Waals surface area contributed by atoms with Crippen LogP contribution in [0.15, 0.2) is 55.1 Å². The fraction of sp³-hybridized carbons (Fsp3) is 0.0588. The van der Waals surface area contributed by atoms with Crippen molar-refractivity contribution in [2.45, 2.75) is 6.18 Å². The monoisotopic (exact) mass is 356 g/mol. The second kappa shape index (κ2) is 6.10. The Labute approximate surface area is 145 Å². The molecule has 9 heteroatoms. The number of nitrogens with zero attached hydrogens (tertiary/aromatic N) is 4. The molecule has 0 bridgehead atoms. The zero-order valence-electron chi connectivity index (χ0n) is 13.1. The molecule has 6 nitrogen and oxygen atoms in total. The van der Waals surface area contributed by atoms with Gasteiger partial charge in [0.05, 0.1) is 16.6 Å². The number of hydrogen-bond donors (Lipinski definition) is 2. The van der Waals surface area contributed by atoms with E-state index in [4.69, 9.17) is 0 Å². The predicted octanol–water partition coefficient (Wildman–Crippen LogP) is 4.18. The van der Waals surface area contributed by atoms with Crippen LogP contribution in [0.25, 0.3) is 22.4 Å². The van der Waals surface area contributed by atoms with Gasteiger partial charge in [-0.2, -0.15) is 13.2 Å². The van der Waals surface area contributed by atoms with Crippen molar-refractivity contribution >= 4 is 22.7 Å². The lowest BCUT2D eigenvalue weighted by Crippen LogP contribution is -2.04. The minimum Gasteiger partial charge on any atom is -0.338 e. The largest absolute Gasteiger partial charge is 0.416 e. The van der Waals surface area contributed by atoms with Crippen molar-refractivity contribution in [3.8, 4) is 11.4 Å². The van der Waals surface area contributed by atoms with Gasteiger partial charge in [0.2, 0.25) is 5.95 Å². The zero-order chi connectivity index (χ0) is 18.1. The van der Waals surface area contributed by atoms with Crippen LogP contribution in [-0.2, 0) is 6.18 Å². The molecule has 0 aliphatic heterocycles. The zero-order valence-corrected chi connectivity index (χ0v) is 13.1. The Hall–Kier alpha value is -3.49. The van der Waals surface area contributed by atoms with Gasteiger partial charge in [-0.15, -0.1) is 0 Å². The van der Waals surface area contributed by atoms with Gasteiger partial charge < -0.3 is 10.3 Å². The highest BCUT2D eigenvalue weighted by atomic mass is 19.4. The van der Waals surface area contributed by atoms with Crippen LogP contribution in [0.1, 0.15) is 5.56 Å². The summed E-state index contributed by atoms with van der Waals surface area (Å²) in [4.78, 5) is 19.2. The third kappa shape index (κ3) is 3.18. The van der Waals surface area contributed by atoms with E-state index in [9.17, 15) is 13.2 Å². The van der Waals surface area contributed by atoms with E-state index < -0.39 is 11.7 Å². The van der Waals surface area contributed by atoms with Crippen molar-refractivity contribution < 1.29 is 13.2 Å². The lowest BCUT2D eigenvalue weighted by atomic mass is 10.1. The minimum atomic E-state index is -4.36. The summed E-state index contributed by atoms with van der Waals surface area (Å²) in [6.07, 6.45) is -1.60. The van der Waals surface area contributed by atoms with Crippen LogP contribution in [0, 0.1) is 0 Å². The van der Waals surface area contributed by atoms with Crippen LogP contribution in [-0.4, -0.2) is 24.9 Å². The first-order valence-electron chi connectivity index (χ1n) is 7.55. The number of nitrogens with one attached hydrogen (secondary N) is 2. The number of fused-ring (bicyclic) bond motifs is 1. The number of aromatic amines is 1. The van der Waals surface area contributed by atoms with Gasteiger partial charge in [0.15, 0.2) is 0 Å². The molecule has 0 aliphatic rings. The van der Waals surface area contributed by atoms with E-state index >= 15 is 0 Å². The molecule has 4 rings (SSSR count). The van der Waals surface area contributed by atoms with Crippen molar-refractivity contribution in [1.82, 2.24) is 24.9 Å². The molecule has 0 amide bonds. The SMILES string of the molecule is FC(F)(F)c1ccc(-c2nc3ccc(Nc4ncncn4)cc3[nH]2)cc1. The Morgan fingerprint density at radius 3 is 2.35 bits per heavy atom. The lowest BCUT2D eigenvalue weighted by molar-refractivity contribution is -0.137. The summed E-state index contributed by atoms with van der Waals surface area (Å²) in [5.41, 5.74) is 2.05. The fourth-order valence-corrected chi connectivity index (χ4v) is 2.47. The molecule has 0 aliphatic carbocycles. The van der Waals surface area contributed by atoms with E-state index in [1.807, 2.05) is 12.1 Å². The van der Waals surface area contributed by atoms with Gasteiger partial charge in [-0.05, 0) is 30.3 Å². The molecule has 2 aromatic carbocycles. The van der Waals surface area contributed by atoms with Crippen molar-refractivity contribution in [3.05, 3.63) is 60.7 Å². The summed E-state index contributed by atoms with van der Waals surface area (Å²) in [6.45, 7) is 0. The average molecular weight is 356 g/mol. The molecular weight excluding hydrogens is 345 g/mol. The lowest BCUT2D eigenvalue weighted by Gasteiger charge is -2.06. The maximum absolute atomic E-state index is 12.7. The third-order valence-corrected chi connectivity index (χ3v) is 3.72. The van der Waals surface area contributed by atoms with Gasteiger partial charge in [-0.3, -0.25) is 0 Å². The highest BCUT2D eigenvalue weighted by Gasteiger charge is 2.30. The van der Waals surface area contributed by atoms with Gasteiger partial charge >= 0.3 is 6.18 Å². The Morgan fingerprint density at radius 2 is 1.65 bits per heavy atom. The third-order valence-electron chi connectivity index (χ3n) is 3.72. The predicted molar refractivity (Wildman–Crippen MR) is 89.6 cm³/mol. The highest BCUT2D eigenvalue weighted by Crippen LogP contribution is 2.31. The number of hydrogen-bond acceptors (Lipinski definition) is 5. The Kier molecular flexibility index (Phi) is 3.76. The number of benzene rings is 2. The second-order valence-corrected chi connectivity index (χ2v) is 5.48. The molecule has 4 aromatic rings. The molecule has 0 spiro atoms.